The van der Waals surface area contributed by atoms with Crippen molar-refractivity contribution in [3.05, 3.63) is 87.3 Å². The Morgan fingerprint density at radius 1 is 1.26 bits per heavy atom. The van der Waals surface area contributed by atoms with E-state index in [1.54, 1.807) is 16.8 Å². The number of hydrogen-bond acceptors (Lipinski definition) is 5. The van der Waals surface area contributed by atoms with Gasteiger partial charge in [0.05, 0.1) is 29.6 Å². The molecule has 1 fully saturated rings. The first kappa shape index (κ1) is 22.0. The van der Waals surface area contributed by atoms with E-state index >= 15 is 0 Å². The van der Waals surface area contributed by atoms with Gasteiger partial charge < -0.3 is 14.6 Å². The Hall–Kier alpha value is -3.78. The number of aryl methyl sites for hydroxylation is 1. The Morgan fingerprint density at radius 3 is 2.79 bits per heavy atom. The summed E-state index contributed by atoms with van der Waals surface area (Å²) in [7, 11) is 0. The number of nitrogens with one attached hydrogen (secondary N) is 2. The summed E-state index contributed by atoms with van der Waals surface area (Å²) in [4.78, 5) is 31.5. The monoisotopic (exact) mass is 457 g/mol. The lowest BCUT2D eigenvalue weighted by Crippen LogP contribution is -2.37. The van der Waals surface area contributed by atoms with E-state index in [1.165, 1.54) is 10.5 Å². The summed E-state index contributed by atoms with van der Waals surface area (Å²) in [5.74, 6) is -0.405. The van der Waals surface area contributed by atoms with Crippen LogP contribution in [0.2, 0.25) is 0 Å². The zero-order chi connectivity index (χ0) is 23.8. The van der Waals surface area contributed by atoms with Gasteiger partial charge in [0.25, 0.3) is 11.5 Å². The van der Waals surface area contributed by atoms with Crippen LogP contribution < -0.4 is 16.4 Å². The molecule has 0 saturated carbocycles. The Kier molecular flexibility index (Phi) is 5.75. The summed E-state index contributed by atoms with van der Waals surface area (Å²) in [6.45, 7) is 4.83. The van der Waals surface area contributed by atoms with Crippen LogP contribution in [0.15, 0.2) is 59.5 Å². The first-order chi connectivity index (χ1) is 16.4. The fourth-order valence-corrected chi connectivity index (χ4v) is 4.49. The minimum atomic E-state index is -0.405. The minimum absolute atomic E-state index is 0.0177. The maximum atomic E-state index is 13.4. The highest BCUT2D eigenvalue weighted by Gasteiger charge is 2.23. The summed E-state index contributed by atoms with van der Waals surface area (Å²) in [5.41, 5.74) is 2.66. The smallest absolute Gasteiger partial charge is 0.267 e. The van der Waals surface area contributed by atoms with Gasteiger partial charge in [-0.25, -0.2) is 4.98 Å². The first-order valence-corrected chi connectivity index (χ1v) is 11.5. The zero-order valence-electron chi connectivity index (χ0n) is 19.2. The van der Waals surface area contributed by atoms with Crippen LogP contribution in [-0.2, 0) is 11.3 Å². The Bertz CT molecular complexity index is 1500. The number of rotatable bonds is 5. The molecule has 0 bridgehead atoms. The number of ether oxygens (including phenoxy) is 1. The Labute approximate surface area is 196 Å². The van der Waals surface area contributed by atoms with E-state index in [1.807, 2.05) is 50.2 Å². The molecule has 1 aromatic carbocycles. The molecule has 2 atom stereocenters. The minimum Gasteiger partial charge on any atom is -0.376 e. The van der Waals surface area contributed by atoms with Gasteiger partial charge in [0.1, 0.15) is 16.8 Å². The third-order valence-electron chi connectivity index (χ3n) is 6.36. The highest BCUT2D eigenvalue weighted by Crippen LogP contribution is 2.18. The van der Waals surface area contributed by atoms with Crippen molar-refractivity contribution in [2.45, 2.75) is 45.4 Å². The topological polar surface area (TPSA) is 101 Å². The maximum Gasteiger partial charge on any atom is 0.267 e. The fraction of sp³-hybridized carbons (Fsp3) is 0.308. The average molecular weight is 458 g/mol. The van der Waals surface area contributed by atoms with Crippen molar-refractivity contribution in [1.29, 1.82) is 5.41 Å². The first-order valence-electron chi connectivity index (χ1n) is 11.5. The van der Waals surface area contributed by atoms with Crippen molar-refractivity contribution in [3.63, 3.8) is 0 Å². The highest BCUT2D eigenvalue weighted by atomic mass is 16.5. The van der Waals surface area contributed by atoms with Gasteiger partial charge in [0, 0.05) is 12.8 Å². The molecule has 4 aromatic rings. The van der Waals surface area contributed by atoms with Crippen LogP contribution in [0.3, 0.4) is 0 Å². The van der Waals surface area contributed by atoms with Crippen LogP contribution >= 0.6 is 0 Å². The Balaban J connectivity index is 1.66. The van der Waals surface area contributed by atoms with Crippen molar-refractivity contribution >= 4 is 22.6 Å². The van der Waals surface area contributed by atoms with Gasteiger partial charge in [-0.3, -0.25) is 19.4 Å². The SMILES string of the molecule is Cc1ccc2nc3c(cc(C(=O)N[C@@H](C)c4ccccc4)c(=N)n3C[C@@H]3CCCO3)c(=O)n2c1. The van der Waals surface area contributed by atoms with Crippen LogP contribution in [0.5, 0.6) is 0 Å². The summed E-state index contributed by atoms with van der Waals surface area (Å²) in [6, 6.07) is 14.6. The predicted molar refractivity (Wildman–Crippen MR) is 129 cm³/mol. The molecular weight excluding hydrogens is 430 g/mol. The van der Waals surface area contributed by atoms with E-state index in [9.17, 15) is 9.59 Å². The lowest BCUT2D eigenvalue weighted by Gasteiger charge is -2.19. The van der Waals surface area contributed by atoms with E-state index in [0.717, 1.165) is 24.0 Å². The van der Waals surface area contributed by atoms with Gasteiger partial charge in [-0.05, 0) is 49.9 Å². The number of pyridine rings is 2. The molecule has 8 nitrogen and oxygen atoms in total. The molecule has 1 saturated heterocycles. The second kappa shape index (κ2) is 8.87. The van der Waals surface area contributed by atoms with Gasteiger partial charge >= 0.3 is 0 Å². The van der Waals surface area contributed by atoms with Crippen LogP contribution in [-0.4, -0.2) is 32.6 Å². The maximum absolute atomic E-state index is 13.4. The van der Waals surface area contributed by atoms with Gasteiger partial charge in [0.15, 0.2) is 0 Å². The summed E-state index contributed by atoms with van der Waals surface area (Å²) in [6.07, 6.45) is 3.46. The van der Waals surface area contributed by atoms with Crippen LogP contribution in [0.4, 0.5) is 0 Å². The van der Waals surface area contributed by atoms with Gasteiger partial charge in [-0.15, -0.1) is 0 Å². The molecule has 0 radical (unpaired) electrons. The average Bonchev–Trinajstić information content (AvgIpc) is 3.35. The molecule has 2 N–H and O–H groups in total. The molecule has 1 amide bonds. The number of nitrogens with zero attached hydrogens (tertiary/aromatic N) is 3. The van der Waals surface area contributed by atoms with E-state index < -0.39 is 5.91 Å². The van der Waals surface area contributed by atoms with Crippen molar-refractivity contribution < 1.29 is 9.53 Å². The van der Waals surface area contributed by atoms with Crippen molar-refractivity contribution in [2.75, 3.05) is 6.61 Å². The number of carbonyl (C=O) groups is 1. The number of carbonyl (C=O) groups excluding carboxylic acids is 1. The number of hydrogen-bond donors (Lipinski definition) is 2. The molecule has 5 rings (SSSR count). The molecule has 1 aliphatic heterocycles. The largest absolute Gasteiger partial charge is 0.376 e. The molecule has 0 unspecified atom stereocenters. The molecule has 1 aliphatic rings. The second-order valence-electron chi connectivity index (χ2n) is 8.85. The highest BCUT2D eigenvalue weighted by molar-refractivity contribution is 5.97. The van der Waals surface area contributed by atoms with Crippen molar-refractivity contribution in [1.82, 2.24) is 19.3 Å². The van der Waals surface area contributed by atoms with E-state index in [4.69, 9.17) is 15.1 Å². The summed E-state index contributed by atoms with van der Waals surface area (Å²) in [5, 5.41) is 12.2. The number of aromatic nitrogens is 3. The van der Waals surface area contributed by atoms with Crippen LogP contribution in [0.25, 0.3) is 16.7 Å². The van der Waals surface area contributed by atoms with Gasteiger partial charge in [-0.2, -0.15) is 0 Å². The van der Waals surface area contributed by atoms with Crippen LogP contribution in [0, 0.1) is 12.3 Å². The molecular formula is C26H27N5O3. The number of amides is 1. The molecule has 3 aromatic heterocycles. The number of fused-ring (bicyclic) bond motifs is 2. The van der Waals surface area contributed by atoms with Gasteiger partial charge in [-0.1, -0.05) is 36.4 Å². The number of benzene rings is 1. The zero-order valence-corrected chi connectivity index (χ0v) is 19.2. The lowest BCUT2D eigenvalue weighted by atomic mass is 10.1. The molecule has 0 spiro atoms. The van der Waals surface area contributed by atoms with Crippen molar-refractivity contribution in [2.24, 2.45) is 0 Å². The third kappa shape index (κ3) is 4.01. The molecule has 8 heteroatoms. The van der Waals surface area contributed by atoms with E-state index in [-0.39, 0.29) is 28.8 Å². The van der Waals surface area contributed by atoms with Crippen LogP contribution in [0.1, 0.15) is 47.3 Å². The third-order valence-corrected chi connectivity index (χ3v) is 6.36. The predicted octanol–water partition coefficient (Wildman–Crippen LogP) is 3.11. The molecule has 174 valence electrons. The molecule has 0 aliphatic carbocycles. The van der Waals surface area contributed by atoms with E-state index in [2.05, 4.69) is 5.32 Å². The van der Waals surface area contributed by atoms with E-state index in [0.29, 0.717) is 29.8 Å². The molecule has 4 heterocycles. The van der Waals surface area contributed by atoms with Gasteiger partial charge in [0.2, 0.25) is 0 Å². The Morgan fingerprint density at radius 2 is 2.06 bits per heavy atom. The summed E-state index contributed by atoms with van der Waals surface area (Å²) < 4.78 is 8.94. The second-order valence-corrected chi connectivity index (χ2v) is 8.85. The normalized spacial score (nSPS) is 16.7. The van der Waals surface area contributed by atoms with Crippen molar-refractivity contribution in [3.8, 4) is 0 Å². The lowest BCUT2D eigenvalue weighted by molar-refractivity contribution is 0.0923. The fourth-order valence-electron chi connectivity index (χ4n) is 4.49. The molecule has 34 heavy (non-hydrogen) atoms. The quantitative estimate of drug-likeness (QED) is 0.450. The standard InChI is InChI=1S/C26H27N5O3/c1-16-10-11-22-29-24-21(26(33)30(22)14-16)13-20(23(27)31(24)15-19-9-6-12-34-19)25(32)28-17(2)18-7-4-3-5-8-18/h3-5,7-8,10-11,13-14,17,19,27H,6,9,12,15H2,1-2H3,(H,28,32)/t17-,19-/m0/s1. The summed E-state index contributed by atoms with van der Waals surface area (Å²) >= 11 is 0.